The Bertz CT molecular complexity index is 457. The summed E-state index contributed by atoms with van der Waals surface area (Å²) in [6, 6.07) is 1.47. The standard InChI is InChI=1S/C14H22F2N4/c1-4-17-13-11(15)8-12(16)14(18-13)19-20-9(2)6-5-7-10(20)3/h8-10H,4-7H2,1-3H3,(H2,17,18,19). The molecule has 1 saturated heterocycles. The second-order valence-corrected chi connectivity index (χ2v) is 5.33. The van der Waals surface area contributed by atoms with Gasteiger partial charge in [0.2, 0.25) is 0 Å². The van der Waals surface area contributed by atoms with Crippen LogP contribution in [0.2, 0.25) is 0 Å². The lowest BCUT2D eigenvalue weighted by molar-refractivity contribution is 0.134. The second kappa shape index (κ2) is 6.35. The summed E-state index contributed by atoms with van der Waals surface area (Å²) in [7, 11) is 0. The molecule has 2 rings (SSSR count). The number of nitrogens with zero attached hydrogens (tertiary/aromatic N) is 2. The smallest absolute Gasteiger partial charge is 0.179 e. The second-order valence-electron chi connectivity index (χ2n) is 5.33. The number of nitrogens with one attached hydrogen (secondary N) is 2. The van der Waals surface area contributed by atoms with Crippen molar-refractivity contribution in [1.29, 1.82) is 0 Å². The van der Waals surface area contributed by atoms with Crippen molar-refractivity contribution >= 4 is 11.6 Å². The summed E-state index contributed by atoms with van der Waals surface area (Å²) in [4.78, 5) is 4.01. The Balaban J connectivity index is 2.21. The maximum atomic E-state index is 13.9. The fraction of sp³-hybridized carbons (Fsp3) is 0.643. The maximum Gasteiger partial charge on any atom is 0.179 e. The van der Waals surface area contributed by atoms with Crippen molar-refractivity contribution in [3.63, 3.8) is 0 Å². The van der Waals surface area contributed by atoms with E-state index >= 15 is 0 Å². The van der Waals surface area contributed by atoms with Crippen molar-refractivity contribution in [3.8, 4) is 0 Å². The fourth-order valence-electron chi connectivity index (χ4n) is 2.60. The molecule has 1 aromatic heterocycles. The summed E-state index contributed by atoms with van der Waals surface area (Å²) in [6.45, 7) is 6.56. The maximum absolute atomic E-state index is 13.9. The normalized spacial score (nSPS) is 23.6. The van der Waals surface area contributed by atoms with E-state index in [0.717, 1.165) is 18.9 Å². The number of halogens is 2. The molecule has 2 unspecified atom stereocenters. The van der Waals surface area contributed by atoms with E-state index in [-0.39, 0.29) is 11.6 Å². The third kappa shape index (κ3) is 3.17. The third-order valence-corrected chi connectivity index (χ3v) is 3.70. The molecule has 0 amide bonds. The van der Waals surface area contributed by atoms with Crippen LogP contribution in [0.4, 0.5) is 20.4 Å². The Morgan fingerprint density at radius 3 is 2.40 bits per heavy atom. The summed E-state index contributed by atoms with van der Waals surface area (Å²) in [5, 5.41) is 4.79. The van der Waals surface area contributed by atoms with Crippen LogP contribution in [0, 0.1) is 11.6 Å². The first-order chi connectivity index (χ1) is 9.52. The lowest BCUT2D eigenvalue weighted by Gasteiger charge is -2.39. The number of aromatic nitrogens is 1. The molecular weight excluding hydrogens is 262 g/mol. The molecule has 20 heavy (non-hydrogen) atoms. The van der Waals surface area contributed by atoms with Crippen molar-refractivity contribution in [3.05, 3.63) is 17.7 Å². The highest BCUT2D eigenvalue weighted by atomic mass is 19.1. The van der Waals surface area contributed by atoms with Crippen LogP contribution < -0.4 is 10.7 Å². The number of pyridine rings is 1. The topological polar surface area (TPSA) is 40.2 Å². The van der Waals surface area contributed by atoms with Crippen LogP contribution in [0.5, 0.6) is 0 Å². The predicted octanol–water partition coefficient (Wildman–Crippen LogP) is 3.38. The minimum Gasteiger partial charge on any atom is -0.368 e. The molecule has 4 nitrogen and oxygen atoms in total. The van der Waals surface area contributed by atoms with Crippen molar-refractivity contribution in [2.45, 2.75) is 52.1 Å². The van der Waals surface area contributed by atoms with Crippen molar-refractivity contribution in [2.75, 3.05) is 17.3 Å². The molecule has 2 N–H and O–H groups in total. The minimum absolute atomic E-state index is 0.0722. The molecule has 2 atom stereocenters. The zero-order valence-electron chi connectivity index (χ0n) is 12.2. The molecule has 0 saturated carbocycles. The van der Waals surface area contributed by atoms with E-state index in [1.54, 1.807) is 0 Å². The van der Waals surface area contributed by atoms with Gasteiger partial charge >= 0.3 is 0 Å². The largest absolute Gasteiger partial charge is 0.368 e. The van der Waals surface area contributed by atoms with Gasteiger partial charge in [0.25, 0.3) is 0 Å². The average molecular weight is 284 g/mol. The monoisotopic (exact) mass is 284 g/mol. The van der Waals surface area contributed by atoms with Gasteiger partial charge in [-0.2, -0.15) is 0 Å². The first-order valence-electron chi connectivity index (χ1n) is 7.17. The Kier molecular flexibility index (Phi) is 4.75. The van der Waals surface area contributed by atoms with Gasteiger partial charge in [-0.1, -0.05) is 6.42 Å². The number of rotatable bonds is 4. The van der Waals surface area contributed by atoms with Crippen LogP contribution in [0.1, 0.15) is 40.0 Å². The number of hydrogen-bond acceptors (Lipinski definition) is 4. The van der Waals surface area contributed by atoms with Gasteiger partial charge in [0.1, 0.15) is 0 Å². The molecule has 0 aromatic carbocycles. The molecule has 112 valence electrons. The first-order valence-corrected chi connectivity index (χ1v) is 7.17. The molecule has 1 aliphatic rings. The van der Waals surface area contributed by atoms with Gasteiger partial charge in [0, 0.05) is 24.7 Å². The highest BCUT2D eigenvalue weighted by Crippen LogP contribution is 2.25. The molecule has 0 radical (unpaired) electrons. The Labute approximate surface area is 118 Å². The molecule has 2 heterocycles. The quantitative estimate of drug-likeness (QED) is 0.889. The van der Waals surface area contributed by atoms with Gasteiger partial charge in [-0.05, 0) is 33.6 Å². The van der Waals surface area contributed by atoms with Crippen LogP contribution in [0.25, 0.3) is 0 Å². The summed E-state index contributed by atoms with van der Waals surface area (Å²) in [5.41, 5.74) is 3.02. The fourth-order valence-corrected chi connectivity index (χ4v) is 2.60. The van der Waals surface area contributed by atoms with E-state index in [0.29, 0.717) is 18.6 Å². The summed E-state index contributed by atoms with van der Waals surface area (Å²) < 4.78 is 27.4. The number of hydrazine groups is 1. The van der Waals surface area contributed by atoms with Crippen LogP contribution in [-0.2, 0) is 0 Å². The van der Waals surface area contributed by atoms with E-state index in [1.165, 1.54) is 6.42 Å². The third-order valence-electron chi connectivity index (χ3n) is 3.70. The lowest BCUT2D eigenvalue weighted by atomic mass is 10.00. The zero-order chi connectivity index (χ0) is 14.7. The average Bonchev–Trinajstić information content (AvgIpc) is 2.39. The Morgan fingerprint density at radius 1 is 1.20 bits per heavy atom. The molecular formula is C14H22F2N4. The Morgan fingerprint density at radius 2 is 1.80 bits per heavy atom. The zero-order valence-corrected chi connectivity index (χ0v) is 12.2. The number of anilines is 2. The van der Waals surface area contributed by atoms with Crippen LogP contribution in [-0.4, -0.2) is 28.6 Å². The van der Waals surface area contributed by atoms with Gasteiger partial charge in [-0.3, -0.25) is 0 Å². The summed E-state index contributed by atoms with van der Waals surface area (Å²) in [5.74, 6) is -1.19. The molecule has 1 aromatic rings. The van der Waals surface area contributed by atoms with Crippen LogP contribution in [0.15, 0.2) is 6.07 Å². The predicted molar refractivity (Wildman–Crippen MR) is 76.6 cm³/mol. The van der Waals surface area contributed by atoms with Gasteiger partial charge in [-0.15, -0.1) is 0 Å². The van der Waals surface area contributed by atoms with Gasteiger partial charge in [-0.25, -0.2) is 18.8 Å². The lowest BCUT2D eigenvalue weighted by Crippen LogP contribution is -2.47. The molecule has 1 fully saturated rings. The van der Waals surface area contributed by atoms with E-state index < -0.39 is 11.6 Å². The van der Waals surface area contributed by atoms with E-state index in [4.69, 9.17) is 0 Å². The minimum atomic E-state index is -0.672. The van der Waals surface area contributed by atoms with Gasteiger partial charge in [0.15, 0.2) is 23.3 Å². The van der Waals surface area contributed by atoms with E-state index in [1.807, 2.05) is 11.9 Å². The van der Waals surface area contributed by atoms with Crippen LogP contribution in [0.3, 0.4) is 0 Å². The summed E-state index contributed by atoms with van der Waals surface area (Å²) in [6.07, 6.45) is 3.28. The molecule has 1 aliphatic heterocycles. The Hall–Kier alpha value is -1.43. The SMILES string of the molecule is CCNc1nc(NN2C(C)CCCC2C)c(F)cc1F. The van der Waals surface area contributed by atoms with Gasteiger partial charge < -0.3 is 10.7 Å². The van der Waals surface area contributed by atoms with E-state index in [9.17, 15) is 8.78 Å². The van der Waals surface area contributed by atoms with Crippen molar-refractivity contribution in [2.24, 2.45) is 0 Å². The molecule has 0 spiro atoms. The van der Waals surface area contributed by atoms with E-state index in [2.05, 4.69) is 29.6 Å². The first kappa shape index (κ1) is 15.0. The highest BCUT2D eigenvalue weighted by Gasteiger charge is 2.26. The molecule has 6 heteroatoms. The number of hydrogen-bond donors (Lipinski definition) is 2. The summed E-state index contributed by atoms with van der Waals surface area (Å²) >= 11 is 0. The molecule has 0 aliphatic carbocycles. The van der Waals surface area contributed by atoms with Crippen molar-refractivity contribution in [1.82, 2.24) is 9.99 Å². The van der Waals surface area contributed by atoms with Crippen LogP contribution >= 0.6 is 0 Å². The number of piperidine rings is 1. The highest BCUT2D eigenvalue weighted by molar-refractivity contribution is 5.47. The van der Waals surface area contributed by atoms with Crippen molar-refractivity contribution < 1.29 is 8.78 Å². The molecule has 0 bridgehead atoms. The van der Waals surface area contributed by atoms with Gasteiger partial charge in [0.05, 0.1) is 0 Å².